The lowest BCUT2D eigenvalue weighted by Crippen LogP contribution is -2.44. The summed E-state index contributed by atoms with van der Waals surface area (Å²) >= 11 is 0. The van der Waals surface area contributed by atoms with Gasteiger partial charge in [0, 0.05) is 0 Å². The Morgan fingerprint density at radius 3 is 2.28 bits per heavy atom. The van der Waals surface area contributed by atoms with Gasteiger partial charge in [0.05, 0.1) is 0 Å². The highest BCUT2D eigenvalue weighted by molar-refractivity contribution is 7.89. The first kappa shape index (κ1) is 14.5. The highest BCUT2D eigenvalue weighted by Gasteiger charge is 2.30. The van der Waals surface area contributed by atoms with Crippen molar-refractivity contribution in [2.24, 2.45) is 0 Å². The third-order valence-corrected chi connectivity index (χ3v) is 3.20. The number of carboxylic acid groups (broad SMARTS) is 1. The van der Waals surface area contributed by atoms with E-state index in [-0.39, 0.29) is 6.42 Å². The summed E-state index contributed by atoms with van der Waals surface area (Å²) < 4.78 is 47.5. The molecule has 0 radical (unpaired) electrons. The minimum atomic E-state index is -4.93. The van der Waals surface area contributed by atoms with Crippen molar-refractivity contribution >= 4 is 16.0 Å². The van der Waals surface area contributed by atoms with Crippen molar-refractivity contribution < 1.29 is 27.1 Å². The van der Waals surface area contributed by atoms with Crippen LogP contribution in [0.25, 0.3) is 0 Å². The first-order valence-corrected chi connectivity index (χ1v) is 6.43. The average molecular weight is 279 g/mol. The molecule has 1 atom stereocenters. The van der Waals surface area contributed by atoms with Gasteiger partial charge >= 0.3 is 11.7 Å². The van der Waals surface area contributed by atoms with Gasteiger partial charge in [-0.1, -0.05) is 30.3 Å². The summed E-state index contributed by atoms with van der Waals surface area (Å²) in [6, 6.07) is 6.50. The molecule has 0 aliphatic heterocycles. The normalized spacial score (nSPS) is 13.5. The molecular formula is C10H11F2NO4S. The molecule has 18 heavy (non-hydrogen) atoms. The summed E-state index contributed by atoms with van der Waals surface area (Å²) in [7, 11) is -4.93. The molecule has 0 bridgehead atoms. The Balaban J connectivity index is 2.83. The van der Waals surface area contributed by atoms with Gasteiger partial charge in [0.25, 0.3) is 10.0 Å². The lowest BCUT2D eigenvalue weighted by molar-refractivity contribution is -0.138. The largest absolute Gasteiger partial charge is 0.480 e. The molecule has 0 saturated heterocycles. The van der Waals surface area contributed by atoms with Crippen molar-refractivity contribution in [3.8, 4) is 0 Å². The Hall–Kier alpha value is -1.54. The monoisotopic (exact) mass is 279 g/mol. The predicted molar refractivity (Wildman–Crippen MR) is 59.6 cm³/mol. The maximum atomic E-state index is 12.1. The number of carboxylic acids is 1. The highest BCUT2D eigenvalue weighted by Crippen LogP contribution is 2.08. The van der Waals surface area contributed by atoms with Gasteiger partial charge in [-0.2, -0.15) is 13.5 Å². The Bertz CT molecular complexity index is 504. The molecule has 100 valence electrons. The van der Waals surface area contributed by atoms with Crippen molar-refractivity contribution in [1.29, 1.82) is 0 Å². The van der Waals surface area contributed by atoms with Crippen LogP contribution in [-0.2, 0) is 21.2 Å². The molecule has 1 aromatic carbocycles. The van der Waals surface area contributed by atoms with Crippen LogP contribution in [0, 0.1) is 0 Å². The first-order chi connectivity index (χ1) is 8.33. The van der Waals surface area contributed by atoms with Crippen LogP contribution in [0.5, 0.6) is 0 Å². The number of halogens is 2. The topological polar surface area (TPSA) is 83.5 Å². The number of hydrogen-bond acceptors (Lipinski definition) is 3. The van der Waals surface area contributed by atoms with Crippen LogP contribution < -0.4 is 4.72 Å². The molecular weight excluding hydrogens is 268 g/mol. The Kier molecular flexibility index (Phi) is 4.74. The maximum Gasteiger partial charge on any atom is 0.350 e. The zero-order chi connectivity index (χ0) is 13.8. The molecule has 0 saturated carbocycles. The number of alkyl halides is 2. The zero-order valence-corrected chi connectivity index (χ0v) is 9.90. The molecule has 0 aromatic heterocycles. The number of benzene rings is 1. The van der Waals surface area contributed by atoms with E-state index < -0.39 is 27.8 Å². The van der Waals surface area contributed by atoms with E-state index in [1.807, 2.05) is 0 Å². The quantitative estimate of drug-likeness (QED) is 0.807. The third kappa shape index (κ3) is 4.04. The van der Waals surface area contributed by atoms with Gasteiger partial charge in [-0.15, -0.1) is 0 Å². The van der Waals surface area contributed by atoms with Crippen LogP contribution in [0.3, 0.4) is 0 Å². The molecule has 0 amide bonds. The fourth-order valence-corrected chi connectivity index (χ4v) is 1.96. The second-order valence-corrected chi connectivity index (χ2v) is 5.19. The number of hydrogen-bond donors (Lipinski definition) is 2. The smallest absolute Gasteiger partial charge is 0.350 e. The molecule has 0 spiro atoms. The van der Waals surface area contributed by atoms with E-state index in [4.69, 9.17) is 5.11 Å². The van der Waals surface area contributed by atoms with E-state index in [0.29, 0.717) is 5.56 Å². The van der Waals surface area contributed by atoms with Gasteiger partial charge in [0.2, 0.25) is 0 Å². The second kappa shape index (κ2) is 5.87. The summed E-state index contributed by atoms with van der Waals surface area (Å²) in [5.41, 5.74) is 0.530. The molecule has 0 aliphatic rings. The summed E-state index contributed by atoms with van der Waals surface area (Å²) in [6.07, 6.45) is -0.206. The van der Waals surface area contributed by atoms with Crippen LogP contribution in [0.15, 0.2) is 30.3 Å². The SMILES string of the molecule is O=C(O)[C@H](Cc1ccccc1)NS(=O)(=O)C(F)F. The predicted octanol–water partition coefficient (Wildman–Crippen LogP) is 0.824. The van der Waals surface area contributed by atoms with Crippen LogP contribution in [0.1, 0.15) is 5.56 Å². The fourth-order valence-electron chi connectivity index (χ4n) is 1.28. The lowest BCUT2D eigenvalue weighted by atomic mass is 10.1. The minimum Gasteiger partial charge on any atom is -0.480 e. The van der Waals surface area contributed by atoms with Crippen LogP contribution in [0.4, 0.5) is 8.78 Å². The number of carbonyl (C=O) groups is 1. The minimum absolute atomic E-state index is 0.206. The van der Waals surface area contributed by atoms with Crippen molar-refractivity contribution in [2.75, 3.05) is 0 Å². The molecule has 0 heterocycles. The molecule has 0 aliphatic carbocycles. The van der Waals surface area contributed by atoms with Crippen LogP contribution in [0.2, 0.25) is 0 Å². The molecule has 1 aromatic rings. The van der Waals surface area contributed by atoms with Crippen molar-refractivity contribution in [3.63, 3.8) is 0 Å². The van der Waals surface area contributed by atoms with E-state index in [1.54, 1.807) is 30.3 Å². The van der Waals surface area contributed by atoms with Gasteiger partial charge in [-0.25, -0.2) is 8.42 Å². The zero-order valence-electron chi connectivity index (χ0n) is 9.08. The van der Waals surface area contributed by atoms with Gasteiger partial charge in [0.1, 0.15) is 6.04 Å². The maximum absolute atomic E-state index is 12.1. The Labute approximate surface area is 102 Å². The Morgan fingerprint density at radius 2 is 1.83 bits per heavy atom. The van der Waals surface area contributed by atoms with E-state index >= 15 is 0 Å². The summed E-state index contributed by atoms with van der Waals surface area (Å²) in [5.74, 6) is -5.17. The van der Waals surface area contributed by atoms with Gasteiger partial charge in [-0.3, -0.25) is 4.79 Å². The first-order valence-electron chi connectivity index (χ1n) is 4.89. The standard InChI is InChI=1S/C10H11F2NO4S/c11-10(12)18(16,17)13-8(9(14)15)6-7-4-2-1-3-5-7/h1-5,8,10,13H,6H2,(H,14,15)/t8-/m0/s1. The number of nitrogens with one attached hydrogen (secondary N) is 1. The van der Waals surface area contributed by atoms with E-state index in [2.05, 4.69) is 0 Å². The number of aliphatic carboxylic acids is 1. The highest BCUT2D eigenvalue weighted by atomic mass is 32.2. The number of sulfonamides is 1. The molecule has 8 heteroatoms. The van der Waals surface area contributed by atoms with E-state index in [0.717, 1.165) is 0 Å². The molecule has 5 nitrogen and oxygen atoms in total. The molecule has 0 fully saturated rings. The van der Waals surface area contributed by atoms with Crippen molar-refractivity contribution in [3.05, 3.63) is 35.9 Å². The molecule has 2 N–H and O–H groups in total. The average Bonchev–Trinajstić information content (AvgIpc) is 2.29. The third-order valence-electron chi connectivity index (χ3n) is 2.12. The van der Waals surface area contributed by atoms with Crippen LogP contribution >= 0.6 is 0 Å². The number of rotatable bonds is 6. The van der Waals surface area contributed by atoms with Crippen molar-refractivity contribution in [1.82, 2.24) is 4.72 Å². The fraction of sp³-hybridized carbons (Fsp3) is 0.300. The lowest BCUT2D eigenvalue weighted by Gasteiger charge is -2.14. The summed E-state index contributed by atoms with van der Waals surface area (Å²) in [5, 5.41) is 8.81. The summed E-state index contributed by atoms with van der Waals surface area (Å²) in [6.45, 7) is 0. The van der Waals surface area contributed by atoms with Crippen molar-refractivity contribution in [2.45, 2.75) is 18.2 Å². The van der Waals surface area contributed by atoms with E-state index in [9.17, 15) is 22.0 Å². The summed E-state index contributed by atoms with van der Waals surface area (Å²) in [4.78, 5) is 10.8. The van der Waals surface area contributed by atoms with Gasteiger partial charge < -0.3 is 5.11 Å². The van der Waals surface area contributed by atoms with Gasteiger partial charge in [0.15, 0.2) is 0 Å². The second-order valence-electron chi connectivity index (χ2n) is 3.50. The molecule has 0 unspecified atom stereocenters. The van der Waals surface area contributed by atoms with E-state index in [1.165, 1.54) is 4.72 Å². The van der Waals surface area contributed by atoms with Gasteiger partial charge in [-0.05, 0) is 12.0 Å². The van der Waals surface area contributed by atoms with Crippen LogP contribution in [-0.4, -0.2) is 31.3 Å². The molecule has 1 rings (SSSR count). The Morgan fingerprint density at radius 1 is 1.28 bits per heavy atom.